The number of carboxylic acids is 1. The van der Waals surface area contributed by atoms with Gasteiger partial charge in [0.05, 0.1) is 30.7 Å². The molecule has 12 atom stereocenters. The van der Waals surface area contributed by atoms with E-state index in [-0.39, 0.29) is 81.8 Å². The van der Waals surface area contributed by atoms with Gasteiger partial charge in [0, 0.05) is 78.0 Å². The van der Waals surface area contributed by atoms with Crippen LogP contribution < -0.4 is 69.5 Å². The second kappa shape index (κ2) is 37.7. The molecule has 18 N–H and O–H groups in total. The minimum absolute atomic E-state index is 0.00922. The Balaban J connectivity index is 1.49. The van der Waals surface area contributed by atoms with Gasteiger partial charge in [0.2, 0.25) is 70.9 Å². The van der Waals surface area contributed by atoms with Crippen LogP contribution >= 0.6 is 21.6 Å². The summed E-state index contributed by atoms with van der Waals surface area (Å²) in [5.74, 6) is -12.8. The first-order valence-electron chi connectivity index (χ1n) is 32.8. The molecule has 12 amide bonds. The molecular weight excluding hydrogens is 1330 g/mol. The zero-order valence-corrected chi connectivity index (χ0v) is 58.2. The summed E-state index contributed by atoms with van der Waals surface area (Å²) < 4.78 is 1.42. The molecular formula is C63H93N19O15S2. The maximum Gasteiger partial charge on any atom is 0.303 e. The molecule has 4 bridgehead atoms. The second-order valence-corrected chi connectivity index (χ2v) is 28.5. The fourth-order valence-corrected chi connectivity index (χ4v) is 13.2. The van der Waals surface area contributed by atoms with Crippen LogP contribution in [0.5, 0.6) is 0 Å². The Morgan fingerprint density at radius 2 is 1.35 bits per heavy atom. The lowest BCUT2D eigenvalue weighted by molar-refractivity contribution is -0.138. The molecule has 36 heteroatoms. The summed E-state index contributed by atoms with van der Waals surface area (Å²) in [4.78, 5) is 194. The van der Waals surface area contributed by atoms with E-state index >= 15 is 9.59 Å². The number of aromatic nitrogens is 6. The number of aromatic amines is 2. The van der Waals surface area contributed by atoms with Crippen LogP contribution in [0.1, 0.15) is 124 Å². The van der Waals surface area contributed by atoms with Gasteiger partial charge < -0.3 is 89.7 Å². The Labute approximate surface area is 579 Å². The largest absolute Gasteiger partial charge is 0.481 e. The van der Waals surface area contributed by atoms with E-state index in [2.05, 4.69) is 89.1 Å². The predicted octanol–water partition coefficient (Wildman–Crippen LogP) is -2.59. The van der Waals surface area contributed by atoms with E-state index in [1.165, 1.54) is 31.1 Å². The first kappa shape index (κ1) is 78.8. The van der Waals surface area contributed by atoms with E-state index in [9.17, 15) is 63.0 Å². The second-order valence-electron chi connectivity index (χ2n) is 26.0. The third kappa shape index (κ3) is 25.3. The zero-order valence-electron chi connectivity index (χ0n) is 56.6. The molecule has 0 aliphatic carbocycles. The van der Waals surface area contributed by atoms with Crippen molar-refractivity contribution in [3.8, 4) is 0 Å². The number of benzene rings is 1. The van der Waals surface area contributed by atoms with E-state index in [0.717, 1.165) is 21.6 Å². The molecule has 0 unspecified atom stereocenters. The molecule has 1 aromatic carbocycles. The van der Waals surface area contributed by atoms with E-state index in [1.807, 2.05) is 0 Å². The van der Waals surface area contributed by atoms with Crippen LogP contribution in [-0.2, 0) is 88.1 Å². The van der Waals surface area contributed by atoms with E-state index in [1.54, 1.807) is 78.2 Å². The standard InChI is InChI=1S/C63H93N19O15S2/c1-9-13-40-55(90)73-41-16-12-21-82-28-36(80-81-82)17-18-43(58(93)76-46(24-37-26-65-31-68-37)60(95)74-44(22-32(2)3)54(89)67-27-49(84)70-42(57(92)72-40)19-20-50(85)86)71-53(88)33(4)69-62(97)48(79-63(6,7)8)30-99-98-29-47(61(96)78-51(34(5)83)52(64)87)77-59(94)45(75-56(41)91)23-35-25-66-39-15-11-10-14-38(35)39/h10-11,14-15,25-26,28,31-34,40-48,51,66,79,83H,9,12-13,16-24,27,29-30H2,1-8H3,(H2,64,87)(H,65,68)(H,67,89)(H,69,97)(H,70,84)(H,71,88)(H,72,92)(H,73,90)(H,74,95)(H,75,91)(H,76,93)(H,77,94)(H,78,96)(H,85,86)/t33-,34+,40-,41-,42-,43-,44-,45-,46-,47-,48-,51-/m0/s1. The SMILES string of the molecule is CCC[C@@H]1NC(=O)[C@H](CCC(=O)O)NC(=O)CNC(=O)[C@H](CC(C)C)NC(=O)[C@H](Cc2cnc[nH]2)NC(=O)[C@@H]2CCc3cn(nn3)CCC[C@H](NC1=O)C(=O)N[C@@H](Cc1c[nH]c3ccccc13)C(=O)N[C@H](C(=O)N[C@H](C(N)=O)[C@@H](C)O)CSSC[C@H](NC(C)(C)C)C(=O)N[C@@H](C)C(=O)N2. The van der Waals surface area contributed by atoms with Gasteiger partial charge in [-0.05, 0) is 97.1 Å². The molecule has 0 saturated heterocycles. The van der Waals surface area contributed by atoms with Crippen LogP contribution in [0.25, 0.3) is 10.9 Å². The van der Waals surface area contributed by atoms with Gasteiger partial charge in [-0.3, -0.25) is 67.0 Å². The summed E-state index contributed by atoms with van der Waals surface area (Å²) in [6.07, 6.45) is 2.74. The number of primary amides is 1. The molecule has 34 nitrogen and oxygen atoms in total. The van der Waals surface area contributed by atoms with Crippen molar-refractivity contribution in [2.75, 3.05) is 18.1 Å². The van der Waals surface area contributed by atoms with Crippen molar-refractivity contribution in [3.63, 3.8) is 0 Å². The number of hydrogen-bond donors (Lipinski definition) is 17. The normalized spacial score (nSPS) is 24.7. The quantitative estimate of drug-likeness (QED) is 0.0512. The minimum Gasteiger partial charge on any atom is -0.481 e. The number of carboxylic acid groups (broad SMARTS) is 1. The highest BCUT2D eigenvalue weighted by atomic mass is 33.1. The Hall–Kier alpha value is -9.16. The Kier molecular flexibility index (Phi) is 30.0. The molecule has 0 radical (unpaired) electrons. The molecule has 3 aromatic heterocycles. The van der Waals surface area contributed by atoms with Crippen LogP contribution in [0.3, 0.4) is 0 Å². The number of aliphatic hydroxyl groups is 1. The van der Waals surface area contributed by atoms with Gasteiger partial charge in [0.25, 0.3) is 0 Å². The summed E-state index contributed by atoms with van der Waals surface area (Å²) in [7, 11) is 2.10. The van der Waals surface area contributed by atoms with Gasteiger partial charge in [-0.15, -0.1) is 5.10 Å². The maximum absolute atomic E-state index is 15.2. The molecule has 2 aliphatic rings. The van der Waals surface area contributed by atoms with Crippen LogP contribution in [0.4, 0.5) is 0 Å². The minimum atomic E-state index is -1.63. The molecule has 0 saturated carbocycles. The summed E-state index contributed by atoms with van der Waals surface area (Å²) >= 11 is 0. The number of rotatable bonds is 16. The number of aliphatic hydroxyl groups excluding tert-OH is 1. The van der Waals surface area contributed by atoms with Crippen molar-refractivity contribution in [2.45, 2.75) is 211 Å². The smallest absolute Gasteiger partial charge is 0.303 e. The van der Waals surface area contributed by atoms with Crippen molar-refractivity contribution in [1.29, 1.82) is 0 Å². The molecule has 2 aliphatic heterocycles. The van der Waals surface area contributed by atoms with Gasteiger partial charge >= 0.3 is 5.97 Å². The number of fused-ring (bicyclic) bond motifs is 6. The number of aliphatic carboxylic acids is 1. The van der Waals surface area contributed by atoms with Crippen molar-refractivity contribution < 1.29 is 72.5 Å². The average Bonchev–Trinajstić information content (AvgIpc) is 1.58. The molecule has 0 spiro atoms. The topological polar surface area (TPSA) is 508 Å². The van der Waals surface area contributed by atoms with Crippen LogP contribution in [-0.4, -0.2) is 213 Å². The van der Waals surface area contributed by atoms with E-state index < -0.39 is 174 Å². The van der Waals surface area contributed by atoms with Crippen LogP contribution in [0.15, 0.2) is 49.2 Å². The monoisotopic (exact) mass is 1420 g/mol. The average molecular weight is 1420 g/mol. The molecule has 5 heterocycles. The summed E-state index contributed by atoms with van der Waals surface area (Å²) in [5, 5.41) is 61.7. The fourth-order valence-electron chi connectivity index (χ4n) is 10.9. The van der Waals surface area contributed by atoms with Crippen LogP contribution in [0, 0.1) is 5.92 Å². The van der Waals surface area contributed by atoms with E-state index in [0.29, 0.717) is 27.9 Å². The highest BCUT2D eigenvalue weighted by Gasteiger charge is 2.38. The lowest BCUT2D eigenvalue weighted by Gasteiger charge is -2.29. The fraction of sp³-hybridized carbons (Fsp3) is 0.587. The number of H-pyrrole nitrogens is 2. The molecule has 99 heavy (non-hydrogen) atoms. The molecule has 4 aromatic rings. The molecule has 0 fully saturated rings. The Morgan fingerprint density at radius 1 is 0.727 bits per heavy atom. The first-order valence-corrected chi connectivity index (χ1v) is 35.3. The lowest BCUT2D eigenvalue weighted by Crippen LogP contribution is -2.61. The highest BCUT2D eigenvalue weighted by Crippen LogP contribution is 2.25. The lowest BCUT2D eigenvalue weighted by atomic mass is 10.0. The number of carbonyl (C=O) groups excluding carboxylic acids is 12. The van der Waals surface area contributed by atoms with Crippen molar-refractivity contribution >= 4 is 109 Å². The third-order valence-corrected chi connectivity index (χ3v) is 18.4. The van der Waals surface area contributed by atoms with Gasteiger partial charge in [-0.1, -0.05) is 72.2 Å². The number of nitrogens with zero attached hydrogens (tertiary/aromatic N) is 4. The number of amides is 12. The summed E-state index contributed by atoms with van der Waals surface area (Å²) in [6.45, 7) is 12.5. The number of carbonyl (C=O) groups is 13. The van der Waals surface area contributed by atoms with E-state index in [4.69, 9.17) is 5.73 Å². The van der Waals surface area contributed by atoms with Gasteiger partial charge in [0.15, 0.2) is 0 Å². The number of hydrogen-bond acceptors (Lipinski definition) is 20. The molecule has 6 rings (SSSR count). The number of aryl methyl sites for hydroxylation is 2. The number of imidazole rings is 1. The highest BCUT2D eigenvalue weighted by molar-refractivity contribution is 8.76. The van der Waals surface area contributed by atoms with Gasteiger partial charge in [-0.25, -0.2) is 4.98 Å². The molecule has 542 valence electrons. The third-order valence-electron chi connectivity index (χ3n) is 16.0. The zero-order chi connectivity index (χ0) is 72.7. The predicted molar refractivity (Wildman–Crippen MR) is 364 cm³/mol. The first-order chi connectivity index (χ1) is 46.9. The van der Waals surface area contributed by atoms with Crippen LogP contribution in [0.2, 0.25) is 0 Å². The van der Waals surface area contributed by atoms with Crippen molar-refractivity contribution in [2.24, 2.45) is 11.7 Å². The number of nitrogens with one attached hydrogen (secondary N) is 14. The van der Waals surface area contributed by atoms with Gasteiger partial charge in [-0.2, -0.15) is 0 Å². The van der Waals surface area contributed by atoms with Gasteiger partial charge in [0.1, 0.15) is 60.4 Å². The summed E-state index contributed by atoms with van der Waals surface area (Å²) in [6, 6.07) is -8.83. The van der Waals surface area contributed by atoms with Crippen molar-refractivity contribution in [3.05, 3.63) is 66.1 Å². The Bertz CT molecular complexity index is 3490. The number of nitrogens with two attached hydrogens (primary N) is 1. The number of para-hydroxylation sites is 1. The summed E-state index contributed by atoms with van der Waals surface area (Å²) in [5.41, 5.74) is 6.77. The Morgan fingerprint density at radius 3 is 2.01 bits per heavy atom. The van der Waals surface area contributed by atoms with Crippen molar-refractivity contribution in [1.82, 2.24) is 93.7 Å². The maximum atomic E-state index is 15.2.